The molecule has 5 nitrogen and oxygen atoms in total. The fourth-order valence-electron chi connectivity index (χ4n) is 2.57. The van der Waals surface area contributed by atoms with Gasteiger partial charge in [-0.3, -0.25) is 11.3 Å². The van der Waals surface area contributed by atoms with Gasteiger partial charge in [-0.05, 0) is 32.9 Å². The van der Waals surface area contributed by atoms with Crippen molar-refractivity contribution in [3.63, 3.8) is 0 Å². The first-order valence-corrected chi connectivity index (χ1v) is 7.23. The number of para-hydroxylation sites is 2. The van der Waals surface area contributed by atoms with Gasteiger partial charge in [-0.25, -0.2) is 4.98 Å². The Kier molecular flexibility index (Phi) is 5.11. The van der Waals surface area contributed by atoms with E-state index in [-0.39, 0.29) is 12.1 Å². The highest BCUT2D eigenvalue weighted by Crippen LogP contribution is 2.17. The summed E-state index contributed by atoms with van der Waals surface area (Å²) in [5.41, 5.74) is 5.06. The molecule has 3 N–H and O–H groups in total. The van der Waals surface area contributed by atoms with Crippen molar-refractivity contribution in [3.05, 3.63) is 30.1 Å². The molecule has 0 aliphatic heterocycles. The highest BCUT2D eigenvalue weighted by molar-refractivity contribution is 5.75. The summed E-state index contributed by atoms with van der Waals surface area (Å²) in [6.07, 6.45) is 0.801. The largest absolute Gasteiger partial charge is 0.377 e. The third-order valence-corrected chi connectivity index (χ3v) is 3.66. The van der Waals surface area contributed by atoms with E-state index in [0.29, 0.717) is 6.61 Å². The van der Waals surface area contributed by atoms with Crippen LogP contribution in [0, 0.1) is 0 Å². The Morgan fingerprint density at radius 3 is 2.75 bits per heavy atom. The molecule has 0 bridgehead atoms. The Hall–Kier alpha value is -1.43. The minimum Gasteiger partial charge on any atom is -0.377 e. The lowest BCUT2D eigenvalue weighted by molar-refractivity contribution is 0.0469. The number of fused-ring (bicyclic) bond motifs is 1. The van der Waals surface area contributed by atoms with Crippen LogP contribution < -0.4 is 11.3 Å². The van der Waals surface area contributed by atoms with Gasteiger partial charge in [-0.15, -0.1) is 0 Å². The number of nitrogens with one attached hydrogen (secondary N) is 1. The Bertz CT molecular complexity index is 552. The average molecular weight is 276 g/mol. The Labute approximate surface area is 120 Å². The predicted octanol–water partition coefficient (Wildman–Crippen LogP) is 1.86. The van der Waals surface area contributed by atoms with Crippen LogP contribution in [0.25, 0.3) is 11.0 Å². The zero-order chi connectivity index (χ0) is 14.5. The van der Waals surface area contributed by atoms with Crippen molar-refractivity contribution in [2.75, 3.05) is 6.61 Å². The molecular weight excluding hydrogens is 252 g/mol. The lowest BCUT2D eigenvalue weighted by Gasteiger charge is -2.23. The molecule has 1 aromatic heterocycles. The van der Waals surface area contributed by atoms with Crippen molar-refractivity contribution in [3.8, 4) is 0 Å². The average Bonchev–Trinajstić information content (AvgIpc) is 2.82. The Balaban J connectivity index is 2.27. The van der Waals surface area contributed by atoms with E-state index in [0.717, 1.165) is 24.3 Å². The van der Waals surface area contributed by atoms with Crippen molar-refractivity contribution < 1.29 is 4.74 Å². The van der Waals surface area contributed by atoms with Crippen molar-refractivity contribution in [1.82, 2.24) is 15.0 Å². The highest BCUT2D eigenvalue weighted by Gasteiger charge is 2.20. The van der Waals surface area contributed by atoms with E-state index >= 15 is 0 Å². The molecule has 0 saturated carbocycles. The third-order valence-electron chi connectivity index (χ3n) is 3.66. The summed E-state index contributed by atoms with van der Waals surface area (Å²) in [4.78, 5) is 4.73. The monoisotopic (exact) mass is 276 g/mol. The van der Waals surface area contributed by atoms with E-state index in [9.17, 15) is 0 Å². The van der Waals surface area contributed by atoms with Gasteiger partial charge in [0.2, 0.25) is 0 Å². The number of hydrogen-bond acceptors (Lipinski definition) is 4. The van der Waals surface area contributed by atoms with Crippen LogP contribution in [0.3, 0.4) is 0 Å². The van der Waals surface area contributed by atoms with E-state index in [2.05, 4.69) is 23.0 Å². The molecule has 1 heterocycles. The fraction of sp³-hybridized carbons (Fsp3) is 0.533. The van der Waals surface area contributed by atoms with Crippen molar-refractivity contribution in [2.24, 2.45) is 5.84 Å². The van der Waals surface area contributed by atoms with Crippen LogP contribution in [0.4, 0.5) is 0 Å². The van der Waals surface area contributed by atoms with E-state index in [1.807, 2.05) is 32.0 Å². The van der Waals surface area contributed by atoms with Gasteiger partial charge in [-0.2, -0.15) is 0 Å². The van der Waals surface area contributed by atoms with E-state index < -0.39 is 0 Å². The van der Waals surface area contributed by atoms with Gasteiger partial charge in [0, 0.05) is 19.6 Å². The minimum atomic E-state index is 0.0510. The number of nitrogens with zero attached hydrogens (tertiary/aromatic N) is 2. The zero-order valence-corrected chi connectivity index (χ0v) is 12.5. The maximum absolute atomic E-state index is 5.67. The maximum atomic E-state index is 5.67. The van der Waals surface area contributed by atoms with Crippen molar-refractivity contribution in [1.29, 1.82) is 0 Å². The smallest absolute Gasteiger partial charge is 0.111 e. The summed E-state index contributed by atoms with van der Waals surface area (Å²) in [5.74, 6) is 6.72. The van der Waals surface area contributed by atoms with Gasteiger partial charge >= 0.3 is 0 Å². The normalized spacial score (nSPS) is 14.6. The van der Waals surface area contributed by atoms with Gasteiger partial charge in [0.1, 0.15) is 5.82 Å². The number of benzene rings is 1. The topological polar surface area (TPSA) is 65.1 Å². The molecule has 2 rings (SSSR count). The molecule has 2 atom stereocenters. The molecule has 5 heteroatoms. The number of imidazole rings is 1. The van der Waals surface area contributed by atoms with Crippen LogP contribution >= 0.6 is 0 Å². The molecule has 110 valence electrons. The second-order valence-corrected chi connectivity index (χ2v) is 4.90. The van der Waals surface area contributed by atoms with E-state index in [4.69, 9.17) is 15.6 Å². The molecule has 0 saturated heterocycles. The fourth-order valence-corrected chi connectivity index (χ4v) is 2.57. The van der Waals surface area contributed by atoms with Crippen LogP contribution in [0.1, 0.15) is 26.6 Å². The maximum Gasteiger partial charge on any atom is 0.111 e. The first-order chi connectivity index (χ1) is 9.71. The number of ether oxygens (including phenoxy) is 1. The molecule has 0 aliphatic rings. The van der Waals surface area contributed by atoms with Crippen LogP contribution in [0.2, 0.25) is 0 Å². The first kappa shape index (κ1) is 15.0. The number of aromatic nitrogens is 2. The third kappa shape index (κ3) is 3.00. The Morgan fingerprint density at radius 2 is 2.10 bits per heavy atom. The summed E-state index contributed by atoms with van der Waals surface area (Å²) >= 11 is 0. The number of hydrazine groups is 1. The summed E-state index contributed by atoms with van der Waals surface area (Å²) in [6, 6.07) is 8.26. The lowest BCUT2D eigenvalue weighted by Crippen LogP contribution is -2.45. The quantitative estimate of drug-likeness (QED) is 0.598. The molecule has 0 aliphatic carbocycles. The number of hydrogen-bond donors (Lipinski definition) is 2. The summed E-state index contributed by atoms with van der Waals surface area (Å²) in [5, 5.41) is 0. The highest BCUT2D eigenvalue weighted by atomic mass is 16.5. The summed E-state index contributed by atoms with van der Waals surface area (Å²) in [7, 11) is 0. The molecule has 0 spiro atoms. The molecule has 0 fully saturated rings. The summed E-state index contributed by atoms with van der Waals surface area (Å²) in [6.45, 7) is 7.74. The van der Waals surface area contributed by atoms with Crippen LogP contribution in [-0.4, -0.2) is 28.3 Å². The van der Waals surface area contributed by atoms with Crippen LogP contribution in [-0.2, 0) is 17.7 Å². The predicted molar refractivity (Wildman–Crippen MR) is 81.3 cm³/mol. The molecule has 0 radical (unpaired) electrons. The number of nitrogens with two attached hydrogens (primary N) is 1. The van der Waals surface area contributed by atoms with Gasteiger partial charge in [0.25, 0.3) is 0 Å². The molecule has 2 unspecified atom stereocenters. The number of rotatable bonds is 7. The van der Waals surface area contributed by atoms with Gasteiger partial charge in [0.05, 0.1) is 23.2 Å². The molecule has 0 amide bonds. The first-order valence-electron chi connectivity index (χ1n) is 7.23. The standard InChI is InChI=1S/C15H24N4O/c1-4-19-14-9-7-6-8-12(14)17-15(19)10-13(18-16)11(3)20-5-2/h6-9,11,13,18H,4-5,10,16H2,1-3H3. The molecule has 1 aromatic carbocycles. The molecule has 2 aromatic rings. The van der Waals surface area contributed by atoms with Gasteiger partial charge < -0.3 is 9.30 Å². The SMILES string of the molecule is CCOC(C)C(Cc1nc2ccccc2n1CC)NN. The van der Waals surface area contributed by atoms with E-state index in [1.54, 1.807) is 0 Å². The van der Waals surface area contributed by atoms with Crippen molar-refractivity contribution >= 4 is 11.0 Å². The van der Waals surface area contributed by atoms with Gasteiger partial charge in [-0.1, -0.05) is 12.1 Å². The second-order valence-electron chi connectivity index (χ2n) is 4.90. The molecular formula is C15H24N4O. The molecule has 20 heavy (non-hydrogen) atoms. The summed E-state index contributed by atoms with van der Waals surface area (Å²) < 4.78 is 7.87. The lowest BCUT2D eigenvalue weighted by atomic mass is 10.1. The number of aryl methyl sites for hydroxylation is 1. The van der Waals surface area contributed by atoms with Crippen molar-refractivity contribution in [2.45, 2.75) is 45.9 Å². The van der Waals surface area contributed by atoms with Crippen LogP contribution in [0.15, 0.2) is 24.3 Å². The van der Waals surface area contributed by atoms with E-state index in [1.165, 1.54) is 5.52 Å². The second kappa shape index (κ2) is 6.83. The van der Waals surface area contributed by atoms with Crippen LogP contribution in [0.5, 0.6) is 0 Å². The Morgan fingerprint density at radius 1 is 1.35 bits per heavy atom. The minimum absolute atomic E-state index is 0.0510. The zero-order valence-electron chi connectivity index (χ0n) is 12.5. The van der Waals surface area contributed by atoms with Gasteiger partial charge in [0.15, 0.2) is 0 Å².